The summed E-state index contributed by atoms with van der Waals surface area (Å²) in [5.74, 6) is 0.251. The molecule has 4 rings (SSSR count). The van der Waals surface area contributed by atoms with E-state index in [0.717, 1.165) is 46.7 Å². The van der Waals surface area contributed by atoms with E-state index in [9.17, 15) is 18.8 Å². The lowest BCUT2D eigenvalue weighted by Crippen LogP contribution is -2.58. The number of halogens is 1. The van der Waals surface area contributed by atoms with Gasteiger partial charge in [0.25, 0.3) is 5.91 Å². The minimum absolute atomic E-state index is 0.169. The van der Waals surface area contributed by atoms with Gasteiger partial charge in [0, 0.05) is 24.4 Å². The number of aromatic nitrogens is 1. The van der Waals surface area contributed by atoms with Crippen molar-refractivity contribution in [1.82, 2.24) is 20.5 Å². The molecule has 1 saturated heterocycles. The van der Waals surface area contributed by atoms with Gasteiger partial charge in [-0.15, -0.1) is 11.3 Å². The quantitative estimate of drug-likeness (QED) is 0.199. The number of benzene rings is 1. The maximum absolute atomic E-state index is 14.4. The fourth-order valence-electron chi connectivity index (χ4n) is 5.22. The molecule has 0 spiro atoms. The van der Waals surface area contributed by atoms with E-state index >= 15 is 0 Å². The van der Waals surface area contributed by atoms with Crippen LogP contribution < -0.4 is 20.5 Å². The molecule has 12 heteroatoms. The van der Waals surface area contributed by atoms with Crippen molar-refractivity contribution < 1.29 is 23.5 Å². The molecule has 4 N–H and O–H groups in total. The van der Waals surface area contributed by atoms with Crippen molar-refractivity contribution >= 4 is 41.0 Å². The van der Waals surface area contributed by atoms with Gasteiger partial charge in [0.2, 0.25) is 11.8 Å². The highest BCUT2D eigenvalue weighted by Gasteiger charge is 2.53. The van der Waals surface area contributed by atoms with Crippen LogP contribution in [0.4, 0.5) is 4.39 Å². The number of hydrogen-bond donors (Lipinski definition) is 3. The van der Waals surface area contributed by atoms with Gasteiger partial charge in [0.15, 0.2) is 5.67 Å². The summed E-state index contributed by atoms with van der Waals surface area (Å²) in [6.45, 7) is 8.65. The first-order valence-corrected chi connectivity index (χ1v) is 16.9. The molecule has 2 aliphatic rings. The van der Waals surface area contributed by atoms with Gasteiger partial charge in [-0.2, -0.15) is 0 Å². The number of nitrogens with one attached hydrogen (secondary N) is 2. The Bertz CT molecular complexity index is 1290. The number of unbranched alkanes of at least 4 members (excludes halogenated alkanes) is 2. The standard InChI is InChI=1S/C31H44FN5O4S2/c1-20-25(42-19-35-20)21-10-11-22(24(17-21)41-15-6-5-7-16-43-33)18-34-27(38)23-9-8-14-37(23)28(39)26(30(2,3)4)36-29(40)31(32)12-13-31/h10-11,17,19,23,26H,5-9,12-16,18,33H2,1-4H3,(H,34,38)(H,36,40). The van der Waals surface area contributed by atoms with Crippen molar-refractivity contribution in [2.75, 3.05) is 18.9 Å². The van der Waals surface area contributed by atoms with E-state index < -0.39 is 29.1 Å². The number of likely N-dealkylation sites (tertiary alicyclic amines) is 1. The predicted octanol–water partition coefficient (Wildman–Crippen LogP) is 4.91. The molecular formula is C31H44FN5O4S2. The van der Waals surface area contributed by atoms with Crippen LogP contribution in [0.3, 0.4) is 0 Å². The van der Waals surface area contributed by atoms with Gasteiger partial charge in [-0.3, -0.25) is 19.5 Å². The van der Waals surface area contributed by atoms with Crippen LogP contribution in [0.25, 0.3) is 10.4 Å². The van der Waals surface area contributed by atoms with Gasteiger partial charge in [-0.1, -0.05) is 44.9 Å². The second kappa shape index (κ2) is 14.4. The Morgan fingerprint density at radius 3 is 2.67 bits per heavy atom. The van der Waals surface area contributed by atoms with Crippen molar-refractivity contribution in [2.24, 2.45) is 10.6 Å². The zero-order valence-corrected chi connectivity index (χ0v) is 27.2. The molecule has 43 heavy (non-hydrogen) atoms. The first-order valence-electron chi connectivity index (χ1n) is 15.0. The Balaban J connectivity index is 1.43. The van der Waals surface area contributed by atoms with E-state index in [1.165, 1.54) is 16.8 Å². The third kappa shape index (κ3) is 8.48. The van der Waals surface area contributed by atoms with Crippen molar-refractivity contribution in [3.05, 3.63) is 35.0 Å². The van der Waals surface area contributed by atoms with Gasteiger partial charge < -0.3 is 20.3 Å². The van der Waals surface area contributed by atoms with Crippen LogP contribution in [0.5, 0.6) is 5.75 Å². The number of carbonyl (C=O) groups excluding carboxylic acids is 3. The number of ether oxygens (including phenoxy) is 1. The number of nitrogens with zero attached hydrogens (tertiary/aromatic N) is 2. The van der Waals surface area contributed by atoms with E-state index in [-0.39, 0.29) is 31.2 Å². The van der Waals surface area contributed by atoms with Gasteiger partial charge in [-0.05, 0) is 68.9 Å². The lowest BCUT2D eigenvalue weighted by Gasteiger charge is -2.35. The summed E-state index contributed by atoms with van der Waals surface area (Å²) < 4.78 is 20.6. The number of alkyl halides is 1. The van der Waals surface area contributed by atoms with E-state index in [1.54, 1.807) is 11.3 Å². The molecule has 2 aromatic rings. The zero-order chi connectivity index (χ0) is 31.2. The SMILES string of the molecule is Cc1ncsc1-c1ccc(CNC(=O)C2CCCN2C(=O)C(NC(=O)C2(F)CC2)C(C)(C)C)c(OCCCCCSN)c1. The van der Waals surface area contributed by atoms with Crippen LogP contribution in [0.1, 0.15) is 77.0 Å². The highest BCUT2D eigenvalue weighted by Crippen LogP contribution is 2.40. The number of aryl methyl sites for hydroxylation is 1. The summed E-state index contributed by atoms with van der Waals surface area (Å²) >= 11 is 2.92. The molecule has 1 aromatic heterocycles. The van der Waals surface area contributed by atoms with Crippen molar-refractivity contribution in [2.45, 2.75) is 96.9 Å². The smallest absolute Gasteiger partial charge is 0.258 e. The summed E-state index contributed by atoms with van der Waals surface area (Å²) in [5.41, 5.74) is 2.07. The summed E-state index contributed by atoms with van der Waals surface area (Å²) in [6.07, 6.45) is 4.46. The Morgan fingerprint density at radius 2 is 2.02 bits per heavy atom. The second-order valence-corrected chi connectivity index (χ2v) is 14.1. The summed E-state index contributed by atoms with van der Waals surface area (Å²) in [6, 6.07) is 4.36. The van der Waals surface area contributed by atoms with Gasteiger partial charge in [-0.25, -0.2) is 9.37 Å². The lowest BCUT2D eigenvalue weighted by molar-refractivity contribution is -0.144. The minimum Gasteiger partial charge on any atom is -0.493 e. The number of amides is 3. The van der Waals surface area contributed by atoms with Crippen LogP contribution >= 0.6 is 23.3 Å². The molecule has 2 heterocycles. The second-order valence-electron chi connectivity index (χ2n) is 12.5. The van der Waals surface area contributed by atoms with E-state index in [2.05, 4.69) is 15.6 Å². The Hall–Kier alpha value is -2.70. The molecule has 1 saturated carbocycles. The third-order valence-corrected chi connectivity index (χ3v) is 9.52. The predicted molar refractivity (Wildman–Crippen MR) is 169 cm³/mol. The summed E-state index contributed by atoms with van der Waals surface area (Å²) in [5, 5.41) is 11.2. The highest BCUT2D eigenvalue weighted by molar-refractivity contribution is 7.97. The highest BCUT2D eigenvalue weighted by atomic mass is 32.2. The molecule has 1 aromatic carbocycles. The third-order valence-electron chi connectivity index (χ3n) is 8.01. The first kappa shape index (κ1) is 33.2. The Labute approximate surface area is 262 Å². The normalized spacial score (nSPS) is 18.3. The van der Waals surface area contributed by atoms with E-state index in [0.29, 0.717) is 31.7 Å². The van der Waals surface area contributed by atoms with Crippen molar-refractivity contribution in [3.8, 4) is 16.2 Å². The number of hydrogen-bond acceptors (Lipinski definition) is 8. The van der Waals surface area contributed by atoms with E-state index in [1.807, 2.05) is 51.4 Å². The fraction of sp³-hybridized carbons (Fsp3) is 0.613. The maximum Gasteiger partial charge on any atom is 0.258 e. The molecule has 236 valence electrons. The summed E-state index contributed by atoms with van der Waals surface area (Å²) in [4.78, 5) is 46.6. The average molecular weight is 634 g/mol. The molecule has 1 aliphatic heterocycles. The van der Waals surface area contributed by atoms with E-state index in [4.69, 9.17) is 9.88 Å². The van der Waals surface area contributed by atoms with Crippen LogP contribution in [-0.4, -0.2) is 64.3 Å². The Kier molecular flexibility index (Phi) is 11.1. The zero-order valence-electron chi connectivity index (χ0n) is 25.5. The topological polar surface area (TPSA) is 127 Å². The lowest BCUT2D eigenvalue weighted by atomic mass is 9.85. The largest absolute Gasteiger partial charge is 0.493 e. The van der Waals surface area contributed by atoms with Gasteiger partial charge >= 0.3 is 0 Å². The maximum atomic E-state index is 14.4. The van der Waals surface area contributed by atoms with Crippen LogP contribution in [0, 0.1) is 12.3 Å². The van der Waals surface area contributed by atoms with Gasteiger partial charge in [0.1, 0.15) is 17.8 Å². The van der Waals surface area contributed by atoms with Crippen LogP contribution in [-0.2, 0) is 20.9 Å². The molecule has 9 nitrogen and oxygen atoms in total. The number of nitrogens with two attached hydrogens (primary N) is 1. The molecule has 1 aliphatic carbocycles. The van der Waals surface area contributed by atoms with Crippen molar-refractivity contribution in [1.29, 1.82) is 0 Å². The molecule has 2 fully saturated rings. The number of carbonyl (C=O) groups is 3. The number of rotatable bonds is 14. The molecule has 2 unspecified atom stereocenters. The fourth-order valence-corrected chi connectivity index (χ4v) is 6.39. The van der Waals surface area contributed by atoms with Crippen molar-refractivity contribution in [3.63, 3.8) is 0 Å². The van der Waals surface area contributed by atoms with Gasteiger partial charge in [0.05, 0.1) is 22.7 Å². The van der Waals surface area contributed by atoms with Crippen LogP contribution in [0.15, 0.2) is 23.7 Å². The monoisotopic (exact) mass is 633 g/mol. The molecule has 0 radical (unpaired) electrons. The first-order chi connectivity index (χ1) is 20.4. The number of thiazole rings is 1. The average Bonchev–Trinajstić information content (AvgIpc) is 3.33. The summed E-state index contributed by atoms with van der Waals surface area (Å²) in [7, 11) is 0. The molecular weight excluding hydrogens is 590 g/mol. The molecule has 0 bridgehead atoms. The minimum atomic E-state index is -1.89. The molecule has 2 atom stereocenters. The molecule has 3 amide bonds. The Morgan fingerprint density at radius 1 is 1.26 bits per heavy atom. The van der Waals surface area contributed by atoms with Crippen LogP contribution in [0.2, 0.25) is 0 Å².